The molecule has 29 heavy (non-hydrogen) atoms. The molecule has 8 nitrogen and oxygen atoms in total. The number of quaternary nitrogens is 1. The predicted octanol–water partition coefficient (Wildman–Crippen LogP) is 0.866. The van der Waals surface area contributed by atoms with Gasteiger partial charge in [-0.25, -0.2) is 14.7 Å². The van der Waals surface area contributed by atoms with Crippen molar-refractivity contribution in [1.82, 2.24) is 25.2 Å². The Balaban J connectivity index is 1.67. The summed E-state index contributed by atoms with van der Waals surface area (Å²) >= 11 is 6.64. The Morgan fingerprint density at radius 1 is 1.31 bits per heavy atom. The van der Waals surface area contributed by atoms with Crippen molar-refractivity contribution in [2.45, 2.75) is 6.92 Å². The van der Waals surface area contributed by atoms with Crippen LogP contribution in [0.2, 0.25) is 5.02 Å². The van der Waals surface area contributed by atoms with E-state index in [-0.39, 0.29) is 5.91 Å². The standard InChI is InChI=1S/C20H23ClN6O2/c1-13-17-18(21)16(20(28)24-26-9-7-25(2)8-10-26)12-22-19(17)27(23-13)14-5-4-6-15(11-14)29-3/h4-6,11-12H,7-10H2,1-3H3,(H,24,28)/p+1. The molecule has 3 aromatic rings. The summed E-state index contributed by atoms with van der Waals surface area (Å²) in [7, 11) is 3.77. The van der Waals surface area contributed by atoms with Crippen molar-refractivity contribution in [1.29, 1.82) is 0 Å². The number of rotatable bonds is 4. The zero-order valence-corrected chi connectivity index (χ0v) is 17.5. The number of halogens is 1. The van der Waals surface area contributed by atoms with E-state index < -0.39 is 0 Å². The molecule has 0 spiro atoms. The Morgan fingerprint density at radius 3 is 2.79 bits per heavy atom. The smallest absolute Gasteiger partial charge is 0.268 e. The number of carbonyl (C=O) groups excluding carboxylic acids is 1. The molecule has 0 bridgehead atoms. The summed E-state index contributed by atoms with van der Waals surface area (Å²) in [4.78, 5) is 18.8. The molecular formula is C20H24ClN6O2+. The van der Waals surface area contributed by atoms with Gasteiger partial charge in [-0.1, -0.05) is 17.7 Å². The third-order valence-corrected chi connectivity index (χ3v) is 5.62. The molecule has 1 aromatic carbocycles. The van der Waals surface area contributed by atoms with Crippen LogP contribution < -0.4 is 15.1 Å². The lowest BCUT2D eigenvalue weighted by atomic mass is 10.2. The predicted molar refractivity (Wildman–Crippen MR) is 111 cm³/mol. The van der Waals surface area contributed by atoms with E-state index in [4.69, 9.17) is 16.3 Å². The fraction of sp³-hybridized carbons (Fsp3) is 0.350. The maximum atomic E-state index is 12.8. The highest BCUT2D eigenvalue weighted by Crippen LogP contribution is 2.30. The lowest BCUT2D eigenvalue weighted by Gasteiger charge is -2.30. The molecule has 0 unspecified atom stereocenters. The molecule has 0 radical (unpaired) electrons. The topological polar surface area (TPSA) is 76.7 Å². The summed E-state index contributed by atoms with van der Waals surface area (Å²) in [5.41, 5.74) is 5.41. The summed E-state index contributed by atoms with van der Waals surface area (Å²) in [5, 5.41) is 7.55. The Hall–Kier alpha value is -2.68. The van der Waals surface area contributed by atoms with Gasteiger partial charge in [-0.15, -0.1) is 0 Å². The molecule has 2 aromatic heterocycles. The second-order valence-electron chi connectivity index (χ2n) is 7.27. The lowest BCUT2D eigenvalue weighted by molar-refractivity contribution is -0.884. The van der Waals surface area contributed by atoms with Crippen LogP contribution in [-0.2, 0) is 0 Å². The van der Waals surface area contributed by atoms with Gasteiger partial charge in [0.05, 0.1) is 67.7 Å². The van der Waals surface area contributed by atoms with Gasteiger partial charge in [0, 0.05) is 12.3 Å². The number of likely N-dealkylation sites (N-methyl/N-ethyl adjacent to an activating group) is 1. The van der Waals surface area contributed by atoms with Crippen LogP contribution in [0.5, 0.6) is 5.75 Å². The molecule has 1 amide bonds. The molecule has 0 atom stereocenters. The minimum Gasteiger partial charge on any atom is -0.497 e. The van der Waals surface area contributed by atoms with Crippen LogP contribution in [-0.4, -0.2) is 66.0 Å². The quantitative estimate of drug-likeness (QED) is 0.661. The normalized spacial score (nSPS) is 15.6. The number of methoxy groups -OCH3 is 1. The number of hydrazine groups is 1. The van der Waals surface area contributed by atoms with Crippen molar-refractivity contribution in [3.8, 4) is 11.4 Å². The molecule has 0 saturated carbocycles. The molecular weight excluding hydrogens is 392 g/mol. The van der Waals surface area contributed by atoms with E-state index in [2.05, 4.69) is 22.6 Å². The Morgan fingerprint density at radius 2 is 2.07 bits per heavy atom. The number of aryl methyl sites for hydroxylation is 1. The minimum absolute atomic E-state index is 0.252. The van der Waals surface area contributed by atoms with E-state index in [1.54, 1.807) is 11.8 Å². The number of hydrogen-bond donors (Lipinski definition) is 2. The molecule has 2 N–H and O–H groups in total. The first kappa shape index (κ1) is 19.6. The highest BCUT2D eigenvalue weighted by molar-refractivity contribution is 6.38. The van der Waals surface area contributed by atoms with Gasteiger partial charge in [0.25, 0.3) is 5.91 Å². The molecule has 1 aliphatic heterocycles. The van der Waals surface area contributed by atoms with Gasteiger partial charge in [0.2, 0.25) is 0 Å². The number of aromatic nitrogens is 3. The van der Waals surface area contributed by atoms with Gasteiger partial charge in [-0.2, -0.15) is 5.10 Å². The van der Waals surface area contributed by atoms with Crippen LogP contribution >= 0.6 is 11.6 Å². The monoisotopic (exact) mass is 415 g/mol. The van der Waals surface area contributed by atoms with Crippen molar-refractivity contribution in [3.63, 3.8) is 0 Å². The van der Waals surface area contributed by atoms with E-state index in [1.807, 2.05) is 36.2 Å². The van der Waals surface area contributed by atoms with E-state index in [9.17, 15) is 4.79 Å². The van der Waals surface area contributed by atoms with Gasteiger partial charge < -0.3 is 9.64 Å². The molecule has 1 aliphatic rings. The SMILES string of the molecule is COc1cccc(-n2nc(C)c3c(Cl)c(C(=O)NN4CC[NH+](C)CC4)cnc32)c1. The average molecular weight is 416 g/mol. The number of carbonyl (C=O) groups is 1. The molecule has 9 heteroatoms. The first-order valence-electron chi connectivity index (χ1n) is 9.53. The number of hydrogen-bond acceptors (Lipinski definition) is 5. The first-order valence-corrected chi connectivity index (χ1v) is 9.91. The second kappa shape index (κ2) is 7.98. The van der Waals surface area contributed by atoms with Gasteiger partial charge in [0.15, 0.2) is 5.65 Å². The van der Waals surface area contributed by atoms with Crippen LogP contribution in [0.1, 0.15) is 16.1 Å². The number of nitrogens with one attached hydrogen (secondary N) is 2. The number of benzene rings is 1. The van der Waals surface area contributed by atoms with Gasteiger partial charge in [-0.05, 0) is 19.1 Å². The van der Waals surface area contributed by atoms with E-state index in [0.717, 1.165) is 37.6 Å². The zero-order valence-electron chi connectivity index (χ0n) is 16.7. The average Bonchev–Trinajstić information content (AvgIpc) is 3.07. The highest BCUT2D eigenvalue weighted by Gasteiger charge is 2.23. The fourth-order valence-corrected chi connectivity index (χ4v) is 3.85. The Labute approximate surface area is 174 Å². The number of piperazine rings is 1. The van der Waals surface area contributed by atoms with E-state index >= 15 is 0 Å². The van der Waals surface area contributed by atoms with Crippen molar-refractivity contribution < 1.29 is 14.4 Å². The second-order valence-corrected chi connectivity index (χ2v) is 7.65. The van der Waals surface area contributed by atoms with Crippen LogP contribution in [0.4, 0.5) is 0 Å². The number of nitrogens with zero attached hydrogens (tertiary/aromatic N) is 4. The summed E-state index contributed by atoms with van der Waals surface area (Å²) in [6.45, 7) is 5.43. The first-order chi connectivity index (χ1) is 14.0. The molecule has 152 valence electrons. The van der Waals surface area contributed by atoms with Crippen molar-refractivity contribution in [3.05, 3.63) is 46.7 Å². The van der Waals surface area contributed by atoms with Gasteiger partial charge in [-0.3, -0.25) is 10.2 Å². The summed E-state index contributed by atoms with van der Waals surface area (Å²) in [6, 6.07) is 7.54. The summed E-state index contributed by atoms with van der Waals surface area (Å²) < 4.78 is 7.01. The van der Waals surface area contributed by atoms with Crippen molar-refractivity contribution in [2.24, 2.45) is 0 Å². The maximum absolute atomic E-state index is 12.8. The third kappa shape index (κ3) is 3.78. The molecule has 1 saturated heterocycles. The lowest BCUT2D eigenvalue weighted by Crippen LogP contribution is -3.12. The number of fused-ring (bicyclic) bond motifs is 1. The third-order valence-electron chi connectivity index (χ3n) is 5.23. The van der Waals surface area contributed by atoms with Crippen LogP contribution in [0.3, 0.4) is 0 Å². The highest BCUT2D eigenvalue weighted by atomic mass is 35.5. The van der Waals surface area contributed by atoms with E-state index in [0.29, 0.717) is 27.3 Å². The zero-order chi connectivity index (χ0) is 20.5. The van der Waals surface area contributed by atoms with Crippen molar-refractivity contribution >= 4 is 28.5 Å². The van der Waals surface area contributed by atoms with E-state index in [1.165, 1.54) is 11.1 Å². The van der Waals surface area contributed by atoms with Crippen LogP contribution in [0, 0.1) is 6.92 Å². The Bertz CT molecular complexity index is 1060. The fourth-order valence-electron chi connectivity index (χ4n) is 3.49. The number of amides is 1. The number of ether oxygens (including phenoxy) is 1. The summed E-state index contributed by atoms with van der Waals surface area (Å²) in [6.07, 6.45) is 1.51. The van der Waals surface area contributed by atoms with Crippen molar-refractivity contribution in [2.75, 3.05) is 40.3 Å². The van der Waals surface area contributed by atoms with Crippen LogP contribution in [0.15, 0.2) is 30.5 Å². The molecule has 4 rings (SSSR count). The van der Waals surface area contributed by atoms with Gasteiger partial charge in [0.1, 0.15) is 5.75 Å². The minimum atomic E-state index is -0.252. The molecule has 1 fully saturated rings. The molecule has 3 heterocycles. The Kier molecular flexibility index (Phi) is 5.40. The summed E-state index contributed by atoms with van der Waals surface area (Å²) in [5.74, 6) is 0.470. The molecule has 0 aliphatic carbocycles. The largest absolute Gasteiger partial charge is 0.497 e. The van der Waals surface area contributed by atoms with Crippen LogP contribution in [0.25, 0.3) is 16.7 Å². The maximum Gasteiger partial charge on any atom is 0.268 e. The number of pyridine rings is 1. The van der Waals surface area contributed by atoms with Gasteiger partial charge >= 0.3 is 0 Å².